The van der Waals surface area contributed by atoms with Gasteiger partial charge in [-0.05, 0) is 63.6 Å². The highest BCUT2D eigenvalue weighted by Gasteiger charge is 2.23. The number of aliphatic imine (C=N–C) groups is 1. The number of rotatable bonds is 6. The van der Waals surface area contributed by atoms with Gasteiger partial charge in [0.1, 0.15) is 11.6 Å². The van der Waals surface area contributed by atoms with Gasteiger partial charge in [-0.2, -0.15) is 0 Å². The number of halogens is 1. The molecule has 0 fully saturated rings. The van der Waals surface area contributed by atoms with E-state index < -0.39 is 0 Å². The molecule has 0 spiro atoms. The van der Waals surface area contributed by atoms with Gasteiger partial charge in [0.05, 0.1) is 17.2 Å². The van der Waals surface area contributed by atoms with Crippen LogP contribution in [0.3, 0.4) is 0 Å². The Morgan fingerprint density at radius 1 is 1.23 bits per heavy atom. The Morgan fingerprint density at radius 3 is 2.71 bits per heavy atom. The molecule has 0 saturated carbocycles. The fourth-order valence-corrected chi connectivity index (χ4v) is 3.34. The van der Waals surface area contributed by atoms with E-state index in [4.69, 9.17) is 4.98 Å². The van der Waals surface area contributed by atoms with E-state index in [0.29, 0.717) is 11.6 Å². The van der Waals surface area contributed by atoms with Crippen LogP contribution in [0.15, 0.2) is 71.7 Å². The molecule has 2 aromatic rings. The van der Waals surface area contributed by atoms with Gasteiger partial charge in [-0.15, -0.1) is 0 Å². The van der Waals surface area contributed by atoms with Crippen LogP contribution in [0.25, 0.3) is 11.3 Å². The molecule has 0 saturated heterocycles. The highest BCUT2D eigenvalue weighted by molar-refractivity contribution is 5.74. The van der Waals surface area contributed by atoms with E-state index in [-0.39, 0.29) is 5.83 Å². The Morgan fingerprint density at radius 2 is 2.03 bits per heavy atom. The molecule has 1 aliphatic heterocycles. The zero-order valence-corrected chi connectivity index (χ0v) is 18.6. The standard InChI is InChI=1S/C24H29FN6/c1-6-26-23(13-8-17(2)25)28-19(4)31-15-7-14-30(5)22-12-11-21(29-24(22)31)20-10-9-18(3)27-16-20/h6,8-13,16,28H,4,7,14-15H2,1-3,5H3/b17-8+,23-13+,26-6?. The second kappa shape index (κ2) is 10.0. The lowest BCUT2D eigenvalue weighted by molar-refractivity contribution is 0.640. The lowest BCUT2D eigenvalue weighted by atomic mass is 10.1. The van der Waals surface area contributed by atoms with Crippen LogP contribution in [0.4, 0.5) is 15.9 Å². The smallest absolute Gasteiger partial charge is 0.158 e. The first kappa shape index (κ1) is 22.2. The Kier molecular flexibility index (Phi) is 7.18. The van der Waals surface area contributed by atoms with Gasteiger partial charge in [0.25, 0.3) is 0 Å². The Balaban J connectivity index is 1.98. The molecule has 0 radical (unpaired) electrons. The molecule has 162 valence electrons. The van der Waals surface area contributed by atoms with Gasteiger partial charge in [-0.1, -0.05) is 6.58 Å². The summed E-state index contributed by atoms with van der Waals surface area (Å²) >= 11 is 0. The molecule has 3 heterocycles. The lowest BCUT2D eigenvalue weighted by Gasteiger charge is -2.27. The number of aromatic nitrogens is 2. The van der Waals surface area contributed by atoms with Crippen LogP contribution in [0.5, 0.6) is 0 Å². The summed E-state index contributed by atoms with van der Waals surface area (Å²) in [7, 11) is 2.06. The van der Waals surface area contributed by atoms with Crippen LogP contribution in [-0.4, -0.2) is 36.3 Å². The molecule has 0 aliphatic carbocycles. The number of aryl methyl sites for hydroxylation is 1. The molecule has 7 heteroatoms. The maximum absolute atomic E-state index is 13.2. The van der Waals surface area contributed by atoms with Crippen molar-refractivity contribution in [1.82, 2.24) is 15.3 Å². The van der Waals surface area contributed by atoms with Crippen molar-refractivity contribution in [2.45, 2.75) is 27.2 Å². The van der Waals surface area contributed by atoms with Gasteiger partial charge < -0.3 is 15.1 Å². The second-order valence-electron chi connectivity index (χ2n) is 7.42. The summed E-state index contributed by atoms with van der Waals surface area (Å²) in [5.41, 5.74) is 3.79. The van der Waals surface area contributed by atoms with Crippen molar-refractivity contribution >= 4 is 17.7 Å². The molecule has 0 bridgehead atoms. The van der Waals surface area contributed by atoms with Gasteiger partial charge in [0.2, 0.25) is 0 Å². The van der Waals surface area contributed by atoms with E-state index in [9.17, 15) is 4.39 Å². The minimum atomic E-state index is -0.295. The van der Waals surface area contributed by atoms with Gasteiger partial charge in [-0.3, -0.25) is 4.98 Å². The molecule has 0 amide bonds. The zero-order chi connectivity index (χ0) is 22.4. The summed E-state index contributed by atoms with van der Waals surface area (Å²) in [6, 6.07) is 8.10. The molecule has 1 N–H and O–H groups in total. The summed E-state index contributed by atoms with van der Waals surface area (Å²) < 4.78 is 13.2. The normalized spacial score (nSPS) is 15.1. The third-order valence-electron chi connectivity index (χ3n) is 4.94. The topological polar surface area (TPSA) is 56.7 Å². The Labute approximate surface area is 183 Å². The van der Waals surface area contributed by atoms with Crippen LogP contribution < -0.4 is 15.1 Å². The number of anilines is 2. The molecule has 3 rings (SSSR count). The maximum Gasteiger partial charge on any atom is 0.158 e. The molecule has 6 nitrogen and oxygen atoms in total. The molecule has 0 aromatic carbocycles. The number of fused-ring (bicyclic) bond motifs is 1. The van der Waals surface area contributed by atoms with Crippen molar-refractivity contribution < 1.29 is 4.39 Å². The minimum Gasteiger partial charge on any atom is -0.372 e. The monoisotopic (exact) mass is 420 g/mol. The zero-order valence-electron chi connectivity index (χ0n) is 18.6. The molecule has 0 atom stereocenters. The highest BCUT2D eigenvalue weighted by Crippen LogP contribution is 2.34. The number of nitrogens with zero attached hydrogens (tertiary/aromatic N) is 5. The van der Waals surface area contributed by atoms with Crippen LogP contribution in [0, 0.1) is 6.92 Å². The summed E-state index contributed by atoms with van der Waals surface area (Å²) in [6.07, 6.45) is 7.39. The number of pyridine rings is 2. The van der Waals surface area contributed by atoms with Gasteiger partial charge >= 0.3 is 0 Å². The van der Waals surface area contributed by atoms with E-state index in [1.807, 2.05) is 38.2 Å². The molecule has 2 aromatic heterocycles. The largest absolute Gasteiger partial charge is 0.372 e. The van der Waals surface area contributed by atoms with E-state index in [1.165, 1.54) is 13.0 Å². The number of hydrogen-bond acceptors (Lipinski definition) is 6. The van der Waals surface area contributed by atoms with Gasteiger partial charge in [0, 0.05) is 43.8 Å². The highest BCUT2D eigenvalue weighted by atomic mass is 19.1. The van der Waals surface area contributed by atoms with E-state index in [0.717, 1.165) is 48.0 Å². The average Bonchev–Trinajstić information content (AvgIpc) is 2.91. The van der Waals surface area contributed by atoms with E-state index >= 15 is 0 Å². The predicted molar refractivity (Wildman–Crippen MR) is 127 cm³/mol. The average molecular weight is 421 g/mol. The van der Waals surface area contributed by atoms with Crippen molar-refractivity contribution in [2.24, 2.45) is 4.99 Å². The van der Waals surface area contributed by atoms with Gasteiger partial charge in [-0.25, -0.2) is 14.4 Å². The van der Waals surface area contributed by atoms with Crippen LogP contribution in [0.1, 0.15) is 26.0 Å². The van der Waals surface area contributed by atoms with Crippen LogP contribution in [0.2, 0.25) is 0 Å². The summed E-state index contributed by atoms with van der Waals surface area (Å²) in [5, 5.41) is 3.21. The SMILES string of the molecule is C=C(N/C(=C/C=C(\C)F)N=CC)N1CCCN(C)c2ccc(-c3ccc(C)nc3)nc21. The number of hydrogen-bond donors (Lipinski definition) is 1. The Bertz CT molecular complexity index is 1020. The fraction of sp³-hybridized carbons (Fsp3) is 0.292. The summed E-state index contributed by atoms with van der Waals surface area (Å²) in [5.74, 6) is 1.65. The number of nitrogens with one attached hydrogen (secondary N) is 1. The molecule has 1 aliphatic rings. The van der Waals surface area contributed by atoms with E-state index in [1.54, 1.807) is 12.3 Å². The number of allylic oxidation sites excluding steroid dienone is 3. The Hall–Kier alpha value is -3.48. The quantitative estimate of drug-likeness (QED) is 0.528. The molecular formula is C24H29FN6. The van der Waals surface area contributed by atoms with Crippen molar-refractivity contribution in [1.29, 1.82) is 0 Å². The first-order valence-electron chi connectivity index (χ1n) is 10.3. The van der Waals surface area contributed by atoms with E-state index in [2.05, 4.69) is 44.8 Å². The summed E-state index contributed by atoms with van der Waals surface area (Å²) in [4.78, 5) is 17.9. The fourth-order valence-electron chi connectivity index (χ4n) is 3.34. The van der Waals surface area contributed by atoms with Gasteiger partial charge in [0.15, 0.2) is 5.82 Å². The molecule has 0 unspecified atom stereocenters. The van der Waals surface area contributed by atoms with Crippen LogP contribution >= 0.6 is 0 Å². The van der Waals surface area contributed by atoms with Crippen molar-refractivity contribution in [3.05, 3.63) is 72.4 Å². The third kappa shape index (κ3) is 5.57. The molecular weight excluding hydrogens is 391 g/mol. The van der Waals surface area contributed by atoms with Crippen molar-refractivity contribution in [2.75, 3.05) is 29.9 Å². The first-order chi connectivity index (χ1) is 14.9. The minimum absolute atomic E-state index is 0.295. The first-order valence-corrected chi connectivity index (χ1v) is 10.3. The second-order valence-corrected chi connectivity index (χ2v) is 7.42. The van der Waals surface area contributed by atoms with Crippen LogP contribution in [-0.2, 0) is 0 Å². The third-order valence-corrected chi connectivity index (χ3v) is 4.94. The lowest BCUT2D eigenvalue weighted by Crippen LogP contribution is -2.31. The molecule has 31 heavy (non-hydrogen) atoms. The maximum atomic E-state index is 13.2. The predicted octanol–water partition coefficient (Wildman–Crippen LogP) is 4.96. The summed E-state index contributed by atoms with van der Waals surface area (Å²) in [6.45, 7) is 11.0. The van der Waals surface area contributed by atoms with Crippen molar-refractivity contribution in [3.8, 4) is 11.3 Å². The van der Waals surface area contributed by atoms with Crippen molar-refractivity contribution in [3.63, 3.8) is 0 Å².